The topological polar surface area (TPSA) is 56.6 Å². The molecule has 2 heterocycles. The van der Waals surface area contributed by atoms with Crippen molar-refractivity contribution in [3.63, 3.8) is 0 Å². The predicted molar refractivity (Wildman–Crippen MR) is 100 cm³/mol. The van der Waals surface area contributed by atoms with Crippen LogP contribution >= 0.6 is 0 Å². The highest BCUT2D eigenvalue weighted by atomic mass is 19.3. The minimum absolute atomic E-state index is 0.0497. The third-order valence-corrected chi connectivity index (χ3v) is 5.31. The summed E-state index contributed by atoms with van der Waals surface area (Å²) in [4.78, 5) is 13.8. The summed E-state index contributed by atoms with van der Waals surface area (Å²) >= 11 is 0. The highest BCUT2D eigenvalue weighted by Gasteiger charge is 2.33. The highest BCUT2D eigenvalue weighted by Crippen LogP contribution is 2.44. The van der Waals surface area contributed by atoms with Gasteiger partial charge in [0.1, 0.15) is 12.4 Å². The number of hydrogen-bond acceptors (Lipinski definition) is 4. The third kappa shape index (κ3) is 3.43. The van der Waals surface area contributed by atoms with Crippen LogP contribution in [0.1, 0.15) is 37.8 Å². The molecule has 1 fully saturated rings. The Morgan fingerprint density at radius 3 is 2.79 bits per heavy atom. The lowest BCUT2D eigenvalue weighted by Crippen LogP contribution is -2.42. The number of amides is 1. The van der Waals surface area contributed by atoms with Crippen molar-refractivity contribution >= 4 is 11.8 Å². The molecule has 6 nitrogen and oxygen atoms in total. The van der Waals surface area contributed by atoms with Gasteiger partial charge in [-0.05, 0) is 44.7 Å². The minimum atomic E-state index is -2.59. The van der Waals surface area contributed by atoms with E-state index >= 15 is 0 Å². The van der Waals surface area contributed by atoms with Crippen molar-refractivity contribution in [3.8, 4) is 16.9 Å². The van der Waals surface area contributed by atoms with Crippen LogP contribution in [0, 0.1) is 0 Å². The van der Waals surface area contributed by atoms with Crippen LogP contribution in [0.4, 0.5) is 19.3 Å². The minimum Gasteiger partial charge on any atom is -0.487 e. The van der Waals surface area contributed by atoms with Gasteiger partial charge in [0.2, 0.25) is 0 Å². The lowest BCUT2D eigenvalue weighted by molar-refractivity contribution is 0.0816. The van der Waals surface area contributed by atoms with Gasteiger partial charge in [0.15, 0.2) is 0 Å². The van der Waals surface area contributed by atoms with E-state index in [1.807, 2.05) is 29.9 Å². The molecular formula is C20H23F2N3O3. The molecule has 1 aromatic carbocycles. The van der Waals surface area contributed by atoms with E-state index in [2.05, 4.69) is 5.10 Å². The molecule has 2 aromatic rings. The summed E-state index contributed by atoms with van der Waals surface area (Å²) in [6.45, 7) is 1.24. The molecule has 0 spiro atoms. The van der Waals surface area contributed by atoms with Crippen LogP contribution in [-0.2, 0) is 11.2 Å². The normalized spacial score (nSPS) is 18.9. The van der Waals surface area contributed by atoms with Gasteiger partial charge in [-0.1, -0.05) is 0 Å². The first-order valence-electron chi connectivity index (χ1n) is 9.48. The Morgan fingerprint density at radius 2 is 2.11 bits per heavy atom. The second kappa shape index (κ2) is 7.41. The number of alkyl halides is 2. The number of fused-ring (bicyclic) bond motifs is 1. The maximum atomic E-state index is 12.9. The van der Waals surface area contributed by atoms with E-state index in [1.165, 1.54) is 7.11 Å². The van der Waals surface area contributed by atoms with E-state index in [4.69, 9.17) is 9.47 Å². The summed E-state index contributed by atoms with van der Waals surface area (Å²) in [5.74, 6) is 0.397. The average Bonchev–Trinajstić information content (AvgIpc) is 3.42. The van der Waals surface area contributed by atoms with Crippen LogP contribution in [0.5, 0.6) is 5.75 Å². The van der Waals surface area contributed by atoms with Crippen molar-refractivity contribution in [1.82, 2.24) is 9.78 Å². The Bertz CT molecular complexity index is 880. The van der Waals surface area contributed by atoms with Gasteiger partial charge in [0, 0.05) is 28.9 Å². The number of ether oxygens (including phenoxy) is 2. The SMILES string of the molecule is COC(=O)N1c2ccc(-c3cnn(C4CC4)c3)c(OCC(F)F)c2CCC1C. The fourth-order valence-electron chi connectivity index (χ4n) is 3.74. The number of methoxy groups -OCH3 is 1. The van der Waals surface area contributed by atoms with Crippen LogP contribution in [0.3, 0.4) is 0 Å². The Hall–Kier alpha value is -2.64. The van der Waals surface area contributed by atoms with Crippen LogP contribution in [0.25, 0.3) is 11.1 Å². The number of rotatable bonds is 5. The average molecular weight is 391 g/mol. The zero-order valence-electron chi connectivity index (χ0n) is 15.9. The molecule has 4 rings (SSSR count). The van der Waals surface area contributed by atoms with Crippen molar-refractivity contribution in [2.24, 2.45) is 0 Å². The maximum Gasteiger partial charge on any atom is 0.414 e. The van der Waals surface area contributed by atoms with Crippen molar-refractivity contribution < 1.29 is 23.0 Å². The standard InChI is InChI=1S/C20H23F2N3O3/c1-12-3-6-16-17(25(12)20(26)27-2)8-7-15(19(16)28-11-18(21)22)13-9-23-24(10-13)14-4-5-14/h7-10,12,14,18H,3-6,11H2,1-2H3. The van der Waals surface area contributed by atoms with Gasteiger partial charge in [-0.3, -0.25) is 9.58 Å². The fraction of sp³-hybridized carbons (Fsp3) is 0.500. The Balaban J connectivity index is 1.79. The van der Waals surface area contributed by atoms with Gasteiger partial charge in [-0.25, -0.2) is 13.6 Å². The number of carbonyl (C=O) groups is 1. The maximum absolute atomic E-state index is 12.9. The second-order valence-corrected chi connectivity index (χ2v) is 7.31. The number of halogens is 2. The monoisotopic (exact) mass is 391 g/mol. The Morgan fingerprint density at radius 1 is 1.32 bits per heavy atom. The molecule has 8 heteroatoms. The van der Waals surface area contributed by atoms with Gasteiger partial charge in [-0.2, -0.15) is 5.10 Å². The Labute approximate surface area is 162 Å². The molecule has 1 aliphatic heterocycles. The molecule has 150 valence electrons. The summed E-state index contributed by atoms with van der Waals surface area (Å²) in [6, 6.07) is 4.02. The molecule has 1 aliphatic carbocycles. The van der Waals surface area contributed by atoms with E-state index in [0.29, 0.717) is 35.9 Å². The third-order valence-electron chi connectivity index (χ3n) is 5.31. The van der Waals surface area contributed by atoms with E-state index < -0.39 is 19.1 Å². The van der Waals surface area contributed by atoms with Crippen LogP contribution in [-0.4, -0.2) is 42.1 Å². The first-order chi connectivity index (χ1) is 13.5. The highest BCUT2D eigenvalue weighted by molar-refractivity contribution is 5.92. The molecule has 1 aromatic heterocycles. The molecule has 1 atom stereocenters. The van der Waals surface area contributed by atoms with Gasteiger partial charge in [0.25, 0.3) is 6.43 Å². The molecule has 0 saturated heterocycles. The van der Waals surface area contributed by atoms with Crippen molar-refractivity contribution in [1.29, 1.82) is 0 Å². The van der Waals surface area contributed by atoms with Crippen molar-refractivity contribution in [3.05, 3.63) is 30.1 Å². The summed E-state index contributed by atoms with van der Waals surface area (Å²) in [7, 11) is 1.33. The number of carbonyl (C=O) groups excluding carboxylic acids is 1. The predicted octanol–water partition coefficient (Wildman–Crippen LogP) is 4.44. The Kier molecular flexibility index (Phi) is 4.95. The van der Waals surface area contributed by atoms with Gasteiger partial charge >= 0.3 is 6.09 Å². The number of benzene rings is 1. The van der Waals surface area contributed by atoms with Crippen LogP contribution < -0.4 is 9.64 Å². The van der Waals surface area contributed by atoms with E-state index in [9.17, 15) is 13.6 Å². The van der Waals surface area contributed by atoms with Gasteiger partial charge in [0.05, 0.1) is 25.0 Å². The number of aromatic nitrogens is 2. The second-order valence-electron chi connectivity index (χ2n) is 7.31. The molecule has 1 unspecified atom stereocenters. The quantitative estimate of drug-likeness (QED) is 0.756. The summed E-state index contributed by atoms with van der Waals surface area (Å²) < 4.78 is 38.2. The first kappa shape index (κ1) is 18.7. The van der Waals surface area contributed by atoms with Crippen LogP contribution in [0.2, 0.25) is 0 Å². The summed E-state index contributed by atoms with van der Waals surface area (Å²) in [5.41, 5.74) is 2.93. The molecule has 28 heavy (non-hydrogen) atoms. The molecule has 0 N–H and O–H groups in total. The fourth-order valence-corrected chi connectivity index (χ4v) is 3.74. The lowest BCUT2D eigenvalue weighted by Gasteiger charge is -2.35. The van der Waals surface area contributed by atoms with Gasteiger partial charge < -0.3 is 9.47 Å². The summed E-state index contributed by atoms with van der Waals surface area (Å²) in [6.07, 6.45) is 4.14. The molecule has 1 amide bonds. The molecule has 1 saturated carbocycles. The summed E-state index contributed by atoms with van der Waals surface area (Å²) in [5, 5.41) is 4.40. The zero-order valence-corrected chi connectivity index (χ0v) is 15.9. The largest absolute Gasteiger partial charge is 0.487 e. The zero-order chi connectivity index (χ0) is 19.8. The van der Waals surface area contributed by atoms with Crippen molar-refractivity contribution in [2.45, 2.75) is 51.1 Å². The van der Waals surface area contributed by atoms with E-state index in [1.54, 1.807) is 11.1 Å². The van der Waals surface area contributed by atoms with Crippen LogP contribution in [0.15, 0.2) is 24.5 Å². The lowest BCUT2D eigenvalue weighted by atomic mass is 9.92. The number of nitrogens with zero attached hydrogens (tertiary/aromatic N) is 3. The number of hydrogen-bond donors (Lipinski definition) is 0. The van der Waals surface area contributed by atoms with Crippen molar-refractivity contribution in [2.75, 3.05) is 18.6 Å². The molecule has 2 aliphatic rings. The first-order valence-corrected chi connectivity index (χ1v) is 9.48. The van der Waals surface area contributed by atoms with Gasteiger partial charge in [-0.15, -0.1) is 0 Å². The van der Waals surface area contributed by atoms with E-state index in [-0.39, 0.29) is 6.04 Å². The molecule has 0 radical (unpaired) electrons. The number of anilines is 1. The molecule has 0 bridgehead atoms. The van der Waals surface area contributed by atoms with E-state index in [0.717, 1.165) is 24.0 Å². The molecular weight excluding hydrogens is 368 g/mol. The smallest absolute Gasteiger partial charge is 0.414 e.